The van der Waals surface area contributed by atoms with Crippen molar-refractivity contribution in [2.75, 3.05) is 46.0 Å². The van der Waals surface area contributed by atoms with Crippen LogP contribution in [0, 0.1) is 27.0 Å². The van der Waals surface area contributed by atoms with Crippen LogP contribution in [0.1, 0.15) is 84.1 Å². The largest absolute Gasteiger partial charge is 0.508 e. The quantitative estimate of drug-likeness (QED) is 0.0379. The van der Waals surface area contributed by atoms with Crippen molar-refractivity contribution in [1.82, 2.24) is 19.9 Å². The maximum Gasteiger partial charge on any atom is 0.508 e. The SMILES string of the molecule is [C-]#[N+]c1ccc(N2C(=O)C(C)(C)N(c3ccc4nc(C(F)F)nc(OCCO)c4c3)C2=S)cc1C.[C-]#[N+]c1ccc(N2C(=O)C(C)(C)N(c3ccc4nc(C(F)F)nc(OCCOC(=O)OC(C)(C)C)c4c3)C2=S)cc1C. The van der Waals surface area contributed by atoms with E-state index in [1.165, 1.54) is 21.9 Å². The third-order valence-corrected chi connectivity index (χ3v) is 12.7. The van der Waals surface area contributed by atoms with Crippen molar-refractivity contribution < 1.29 is 56.0 Å². The van der Waals surface area contributed by atoms with Gasteiger partial charge in [-0.05, 0) is 159 Å². The molecular weight excluding hydrogens is 1040 g/mol. The van der Waals surface area contributed by atoms with Crippen LogP contribution in [-0.4, -0.2) is 96.3 Å². The van der Waals surface area contributed by atoms with Gasteiger partial charge in [0.1, 0.15) is 36.5 Å². The van der Waals surface area contributed by atoms with Crippen molar-refractivity contribution >= 4 is 109 Å². The Kier molecular flexibility index (Phi) is 16.3. The summed E-state index contributed by atoms with van der Waals surface area (Å²) < 4.78 is 74.9. The summed E-state index contributed by atoms with van der Waals surface area (Å²) >= 11 is 11.5. The molecule has 0 radical (unpaired) electrons. The molecule has 1 N–H and O–H groups in total. The second-order valence-electron chi connectivity index (χ2n) is 19.3. The van der Waals surface area contributed by atoms with E-state index < -0.39 is 47.3 Å². The van der Waals surface area contributed by atoms with Gasteiger partial charge in [-0.2, -0.15) is 9.97 Å². The van der Waals surface area contributed by atoms with Gasteiger partial charge in [0.2, 0.25) is 11.8 Å². The van der Waals surface area contributed by atoms with Gasteiger partial charge in [0.15, 0.2) is 33.2 Å². The van der Waals surface area contributed by atoms with Crippen LogP contribution in [0.3, 0.4) is 0 Å². The van der Waals surface area contributed by atoms with E-state index in [2.05, 4.69) is 29.6 Å². The second kappa shape index (κ2) is 22.2. The fourth-order valence-corrected chi connectivity index (χ4v) is 9.35. The van der Waals surface area contributed by atoms with Crippen LogP contribution in [0.25, 0.3) is 31.5 Å². The number of hydrogen-bond acceptors (Lipinski definition) is 14. The number of carbonyl (C=O) groups is 3. The molecule has 0 aliphatic carbocycles. The predicted molar refractivity (Wildman–Crippen MR) is 287 cm³/mol. The molecule has 0 atom stereocenters. The van der Waals surface area contributed by atoms with Gasteiger partial charge in [-0.15, -0.1) is 0 Å². The Morgan fingerprint density at radius 2 is 1.05 bits per heavy atom. The number of fused-ring (bicyclic) bond motifs is 2. The zero-order chi connectivity index (χ0) is 56.5. The number of halogens is 4. The lowest BCUT2D eigenvalue weighted by Gasteiger charge is -2.29. The van der Waals surface area contributed by atoms with Crippen LogP contribution in [0.4, 0.5) is 56.5 Å². The molecule has 2 saturated heterocycles. The third kappa shape index (κ3) is 11.5. The highest BCUT2D eigenvalue weighted by Crippen LogP contribution is 2.42. The molecule has 4 heterocycles. The molecule has 0 saturated carbocycles. The number of aliphatic hydroxyl groups excluding tert-OH is 1. The smallest absolute Gasteiger partial charge is 0.475 e. The van der Waals surface area contributed by atoms with Crippen molar-refractivity contribution in [3.05, 3.63) is 118 Å². The molecule has 400 valence electrons. The molecule has 6 aromatic rings. The number of ether oxygens (including phenoxy) is 4. The van der Waals surface area contributed by atoms with Gasteiger partial charge < -0.3 is 33.9 Å². The van der Waals surface area contributed by atoms with E-state index in [9.17, 15) is 31.9 Å². The number of amides is 2. The summed E-state index contributed by atoms with van der Waals surface area (Å²) in [6.07, 6.45) is -6.75. The number of nitrogens with zero attached hydrogens (tertiary/aromatic N) is 10. The van der Waals surface area contributed by atoms with Crippen LogP contribution in [0.2, 0.25) is 0 Å². The Bertz CT molecular complexity index is 3450. The van der Waals surface area contributed by atoms with Crippen LogP contribution in [0.5, 0.6) is 11.8 Å². The molecule has 8 rings (SSSR count). The third-order valence-electron chi connectivity index (χ3n) is 11.9. The Morgan fingerprint density at radius 3 is 1.42 bits per heavy atom. The fraction of sp³-hybridized carbons (Fsp3) is 0.340. The normalized spacial score (nSPS) is 15.0. The summed E-state index contributed by atoms with van der Waals surface area (Å²) in [5, 5.41) is 10.2. The first-order chi connectivity index (χ1) is 36.2. The van der Waals surface area contributed by atoms with Crippen molar-refractivity contribution in [1.29, 1.82) is 0 Å². The number of aliphatic hydroxyl groups is 1. The zero-order valence-corrected chi connectivity index (χ0v) is 44.6. The summed E-state index contributed by atoms with van der Waals surface area (Å²) in [6, 6.07) is 19.6. The van der Waals surface area contributed by atoms with Crippen molar-refractivity contribution in [2.45, 2.75) is 91.8 Å². The van der Waals surface area contributed by atoms with E-state index in [-0.39, 0.29) is 76.6 Å². The van der Waals surface area contributed by atoms with Gasteiger partial charge in [0.05, 0.1) is 41.6 Å². The number of carbonyl (C=O) groups excluding carboxylic acids is 3. The number of alkyl halides is 4. The van der Waals surface area contributed by atoms with Crippen molar-refractivity contribution in [3.8, 4) is 11.8 Å². The summed E-state index contributed by atoms with van der Waals surface area (Å²) in [6.45, 7) is 29.2. The van der Waals surface area contributed by atoms with Gasteiger partial charge >= 0.3 is 6.16 Å². The Balaban J connectivity index is 0.000000227. The maximum atomic E-state index is 13.6. The second-order valence-corrected chi connectivity index (χ2v) is 20.0. The molecule has 4 aromatic carbocycles. The first-order valence-electron chi connectivity index (χ1n) is 23.5. The molecule has 2 amide bonds. The summed E-state index contributed by atoms with van der Waals surface area (Å²) in [5.41, 5.74) is 1.88. The standard InChI is InChI=1S/C29H29F2N5O5S.C24H21F2N5O3S/c1-16-14-17(8-10-20(16)32-7)35-25(37)29(5,6)36(26(35)42)18-9-11-21-19(15-18)24(34-23(33-21)22(30)31)39-12-13-40-27(38)41-28(2,3)4;1-13-11-14(5-7-17(13)27-4)30-22(33)24(2,3)31(23(30)35)15-6-8-18-16(12-15)21(34-10-9-32)29-20(28-18)19(25)26/h8-11,14-15,22H,12-13H2,1-6H3;5-8,11-12,19,32H,9-10H2,1-3H3. The summed E-state index contributed by atoms with van der Waals surface area (Å²) in [4.78, 5) is 67.5. The minimum Gasteiger partial charge on any atom is -0.475 e. The molecule has 2 aliphatic heterocycles. The topological polar surface area (TPSA) is 182 Å². The highest BCUT2D eigenvalue weighted by molar-refractivity contribution is 7.81. The predicted octanol–water partition coefficient (Wildman–Crippen LogP) is 11.4. The van der Waals surface area contributed by atoms with E-state index >= 15 is 0 Å². The monoisotopic (exact) mass is 1090 g/mol. The van der Waals surface area contributed by atoms with E-state index in [0.29, 0.717) is 50.6 Å². The Labute approximate surface area is 450 Å². The molecule has 2 fully saturated rings. The van der Waals surface area contributed by atoms with Crippen LogP contribution < -0.4 is 29.1 Å². The molecule has 18 nitrogen and oxygen atoms in total. The Morgan fingerprint density at radius 1 is 0.649 bits per heavy atom. The molecule has 24 heteroatoms. The van der Waals surface area contributed by atoms with Gasteiger partial charge in [-0.1, -0.05) is 12.1 Å². The number of benzene rings is 4. The van der Waals surface area contributed by atoms with E-state index in [1.807, 2.05) is 0 Å². The number of aryl methyl sites for hydroxylation is 2. The number of anilines is 4. The molecule has 77 heavy (non-hydrogen) atoms. The van der Waals surface area contributed by atoms with E-state index in [4.69, 9.17) is 61.6 Å². The van der Waals surface area contributed by atoms with Crippen LogP contribution in [-0.2, 0) is 19.1 Å². The zero-order valence-electron chi connectivity index (χ0n) is 43.0. The van der Waals surface area contributed by atoms with E-state index in [0.717, 1.165) is 0 Å². The van der Waals surface area contributed by atoms with Crippen molar-refractivity contribution in [2.24, 2.45) is 0 Å². The van der Waals surface area contributed by atoms with Gasteiger partial charge in [0.25, 0.3) is 24.7 Å². The average molecular weight is 1100 g/mol. The lowest BCUT2D eigenvalue weighted by Crippen LogP contribution is -2.44. The Hall–Kier alpha value is -8.19. The number of aromatic nitrogens is 4. The minimum absolute atomic E-state index is 0.0994. The van der Waals surface area contributed by atoms with Crippen LogP contribution >= 0.6 is 24.4 Å². The number of rotatable bonds is 13. The highest BCUT2D eigenvalue weighted by atomic mass is 32.1. The molecule has 2 aliphatic rings. The van der Waals surface area contributed by atoms with Gasteiger partial charge in [0, 0.05) is 22.7 Å². The molecular formula is C53H50F4N10O8S2. The summed E-state index contributed by atoms with van der Waals surface area (Å²) in [5.74, 6) is -2.22. The van der Waals surface area contributed by atoms with Gasteiger partial charge in [-0.3, -0.25) is 19.4 Å². The lowest BCUT2D eigenvalue weighted by atomic mass is 10.0. The summed E-state index contributed by atoms with van der Waals surface area (Å²) in [7, 11) is 0. The van der Waals surface area contributed by atoms with Crippen LogP contribution in [0.15, 0.2) is 72.8 Å². The first kappa shape index (κ1) is 56.5. The number of thiocarbonyl (C=S) groups is 2. The first-order valence-corrected chi connectivity index (χ1v) is 24.3. The minimum atomic E-state index is -2.96. The lowest BCUT2D eigenvalue weighted by molar-refractivity contribution is -0.121. The maximum absolute atomic E-state index is 13.6. The number of hydrogen-bond donors (Lipinski definition) is 1. The fourth-order valence-electron chi connectivity index (χ4n) is 8.31. The molecule has 0 spiro atoms. The van der Waals surface area contributed by atoms with Gasteiger partial charge in [-0.25, -0.2) is 42.0 Å². The average Bonchev–Trinajstić information content (AvgIpc) is 3.71. The highest BCUT2D eigenvalue weighted by Gasteiger charge is 2.52. The molecule has 0 unspecified atom stereocenters. The van der Waals surface area contributed by atoms with Crippen molar-refractivity contribution in [3.63, 3.8) is 0 Å². The molecule has 2 aromatic heterocycles. The molecule has 0 bridgehead atoms. The van der Waals surface area contributed by atoms with E-state index in [1.54, 1.807) is 133 Å².